The van der Waals surface area contributed by atoms with Crippen molar-refractivity contribution in [2.24, 2.45) is 0 Å². The summed E-state index contributed by atoms with van der Waals surface area (Å²) in [4.78, 5) is 31.6. The lowest BCUT2D eigenvalue weighted by molar-refractivity contribution is -0.139. The van der Waals surface area contributed by atoms with Gasteiger partial charge in [0, 0.05) is 67.6 Å². The molecular formula is C19H22FN3O3. The summed E-state index contributed by atoms with van der Waals surface area (Å²) in [6.45, 7) is 3.40. The smallest absolute Gasteiger partial charge is 0.223 e. The predicted molar refractivity (Wildman–Crippen MR) is 94.0 cm³/mol. The third kappa shape index (κ3) is 3.31. The largest absolute Gasteiger partial charge is 0.378 e. The van der Waals surface area contributed by atoms with Crippen molar-refractivity contribution in [3.63, 3.8) is 0 Å². The van der Waals surface area contributed by atoms with Gasteiger partial charge in [0.2, 0.25) is 11.8 Å². The second-order valence-corrected chi connectivity index (χ2v) is 6.83. The van der Waals surface area contributed by atoms with Gasteiger partial charge < -0.3 is 19.5 Å². The van der Waals surface area contributed by atoms with Crippen LogP contribution in [0.3, 0.4) is 0 Å². The number of hydrogen-bond donors (Lipinski definition) is 1. The first-order valence-electron chi connectivity index (χ1n) is 9.04. The van der Waals surface area contributed by atoms with E-state index in [-0.39, 0.29) is 30.5 Å². The number of H-pyrrole nitrogens is 1. The molecule has 2 aliphatic rings. The minimum absolute atomic E-state index is 0.00788. The van der Waals surface area contributed by atoms with Crippen LogP contribution in [-0.4, -0.2) is 59.4 Å². The van der Waals surface area contributed by atoms with Crippen molar-refractivity contribution in [3.8, 4) is 0 Å². The number of hydrogen-bond acceptors (Lipinski definition) is 3. The number of carbonyl (C=O) groups is 2. The summed E-state index contributed by atoms with van der Waals surface area (Å²) < 4.78 is 18.8. The Balaban J connectivity index is 1.40. The first-order valence-corrected chi connectivity index (χ1v) is 9.04. The third-order valence-electron chi connectivity index (χ3n) is 5.21. The van der Waals surface area contributed by atoms with Gasteiger partial charge in [0.15, 0.2) is 0 Å². The molecule has 2 aromatic rings. The van der Waals surface area contributed by atoms with Crippen LogP contribution in [0.1, 0.15) is 24.1 Å². The van der Waals surface area contributed by atoms with Gasteiger partial charge in [-0.05, 0) is 18.2 Å². The van der Waals surface area contributed by atoms with E-state index in [1.165, 1.54) is 12.1 Å². The van der Waals surface area contributed by atoms with Crippen LogP contribution >= 0.6 is 0 Å². The fourth-order valence-corrected chi connectivity index (χ4v) is 3.74. The van der Waals surface area contributed by atoms with Crippen molar-refractivity contribution < 1.29 is 18.7 Å². The molecule has 0 aliphatic carbocycles. The van der Waals surface area contributed by atoms with Crippen LogP contribution < -0.4 is 0 Å². The van der Waals surface area contributed by atoms with Crippen LogP contribution in [0.15, 0.2) is 18.2 Å². The maximum absolute atomic E-state index is 13.6. The van der Waals surface area contributed by atoms with Crippen molar-refractivity contribution in [3.05, 3.63) is 35.3 Å². The zero-order valence-electron chi connectivity index (χ0n) is 14.6. The number of morpholine rings is 1. The molecule has 1 aromatic heterocycles. The second kappa shape index (κ2) is 7.07. The topological polar surface area (TPSA) is 65.6 Å². The Bertz CT molecular complexity index is 842. The maximum atomic E-state index is 13.6. The normalized spacial score (nSPS) is 17.4. The quantitative estimate of drug-likeness (QED) is 0.909. The molecule has 3 heterocycles. The van der Waals surface area contributed by atoms with Crippen molar-refractivity contribution in [1.29, 1.82) is 0 Å². The van der Waals surface area contributed by atoms with E-state index in [9.17, 15) is 14.0 Å². The molecule has 7 heteroatoms. The van der Waals surface area contributed by atoms with Crippen molar-refractivity contribution >= 4 is 22.7 Å². The average Bonchev–Trinajstić information content (AvgIpc) is 3.03. The van der Waals surface area contributed by atoms with Crippen LogP contribution in [0.2, 0.25) is 0 Å². The number of nitrogens with zero attached hydrogens (tertiary/aromatic N) is 2. The second-order valence-electron chi connectivity index (χ2n) is 6.83. The molecule has 4 rings (SSSR count). The summed E-state index contributed by atoms with van der Waals surface area (Å²) in [6, 6.07) is 4.68. The van der Waals surface area contributed by atoms with Gasteiger partial charge in [0.25, 0.3) is 0 Å². The van der Waals surface area contributed by atoms with Crippen LogP contribution in [-0.2, 0) is 27.3 Å². The highest BCUT2D eigenvalue weighted by atomic mass is 19.1. The number of carbonyl (C=O) groups excluding carboxylic acids is 2. The molecule has 1 aromatic carbocycles. The monoisotopic (exact) mass is 359 g/mol. The van der Waals surface area contributed by atoms with E-state index in [2.05, 4.69) is 4.98 Å². The minimum atomic E-state index is -0.279. The van der Waals surface area contributed by atoms with Gasteiger partial charge in [-0.25, -0.2) is 4.39 Å². The molecule has 0 radical (unpaired) electrons. The highest BCUT2D eigenvalue weighted by Gasteiger charge is 2.25. The van der Waals surface area contributed by atoms with Gasteiger partial charge in [-0.3, -0.25) is 9.59 Å². The van der Waals surface area contributed by atoms with E-state index in [1.54, 1.807) is 15.9 Å². The van der Waals surface area contributed by atoms with Gasteiger partial charge in [-0.15, -0.1) is 0 Å². The molecule has 26 heavy (non-hydrogen) atoms. The van der Waals surface area contributed by atoms with Gasteiger partial charge in [0.1, 0.15) is 5.82 Å². The fraction of sp³-hybridized carbons (Fsp3) is 0.474. The van der Waals surface area contributed by atoms with Crippen LogP contribution in [0.4, 0.5) is 4.39 Å². The zero-order chi connectivity index (χ0) is 18.1. The maximum Gasteiger partial charge on any atom is 0.223 e. The number of aromatic nitrogens is 1. The molecule has 0 unspecified atom stereocenters. The van der Waals surface area contributed by atoms with Gasteiger partial charge in [-0.1, -0.05) is 0 Å². The number of ether oxygens (including phenoxy) is 1. The SMILES string of the molecule is O=C(CCC(=O)N1CCc2[nH]c3ccc(F)cc3c2C1)N1CCOCC1. The molecule has 1 N–H and O–H groups in total. The lowest BCUT2D eigenvalue weighted by Crippen LogP contribution is -2.41. The number of rotatable bonds is 3. The van der Waals surface area contributed by atoms with E-state index in [1.807, 2.05) is 0 Å². The number of benzene rings is 1. The third-order valence-corrected chi connectivity index (χ3v) is 5.21. The molecule has 0 spiro atoms. The number of nitrogens with one attached hydrogen (secondary N) is 1. The first kappa shape index (κ1) is 17.0. The average molecular weight is 359 g/mol. The molecule has 1 saturated heterocycles. The Morgan fingerprint density at radius 2 is 1.81 bits per heavy atom. The summed E-state index contributed by atoms with van der Waals surface area (Å²) in [5.41, 5.74) is 2.95. The highest BCUT2D eigenvalue weighted by molar-refractivity contribution is 5.87. The fourth-order valence-electron chi connectivity index (χ4n) is 3.74. The zero-order valence-corrected chi connectivity index (χ0v) is 14.6. The molecule has 1 fully saturated rings. The summed E-state index contributed by atoms with van der Waals surface area (Å²) in [7, 11) is 0. The summed E-state index contributed by atoms with van der Waals surface area (Å²) in [6.07, 6.45) is 1.15. The summed E-state index contributed by atoms with van der Waals surface area (Å²) in [5, 5.41) is 0.835. The Labute approximate surface area is 150 Å². The van der Waals surface area contributed by atoms with Gasteiger partial charge >= 0.3 is 0 Å². The molecule has 6 nitrogen and oxygen atoms in total. The lowest BCUT2D eigenvalue weighted by Gasteiger charge is -2.29. The van der Waals surface area contributed by atoms with Crippen LogP contribution in [0, 0.1) is 5.82 Å². The van der Waals surface area contributed by atoms with E-state index in [0.717, 1.165) is 28.6 Å². The first-order chi connectivity index (χ1) is 12.6. The van der Waals surface area contributed by atoms with Crippen molar-refractivity contribution in [1.82, 2.24) is 14.8 Å². The summed E-state index contributed by atoms with van der Waals surface area (Å²) in [5.74, 6) is -0.296. The standard InChI is InChI=1S/C19H22FN3O3/c20-13-1-2-16-14(11-13)15-12-23(6-5-17(15)21-16)19(25)4-3-18(24)22-7-9-26-10-8-22/h1-2,11,21H,3-10,12H2. The molecular weight excluding hydrogens is 337 g/mol. The van der Waals surface area contributed by atoms with E-state index < -0.39 is 0 Å². The number of fused-ring (bicyclic) bond motifs is 3. The predicted octanol–water partition coefficient (Wildman–Crippen LogP) is 1.83. The molecule has 0 saturated carbocycles. The molecule has 138 valence electrons. The van der Waals surface area contributed by atoms with Crippen molar-refractivity contribution in [2.75, 3.05) is 32.8 Å². The molecule has 2 amide bonds. The highest BCUT2D eigenvalue weighted by Crippen LogP contribution is 2.28. The molecule has 2 aliphatic heterocycles. The van der Waals surface area contributed by atoms with Crippen LogP contribution in [0.5, 0.6) is 0 Å². The Morgan fingerprint density at radius 3 is 2.58 bits per heavy atom. The van der Waals surface area contributed by atoms with Gasteiger partial charge in [0.05, 0.1) is 13.2 Å². The Kier molecular flexibility index (Phi) is 4.63. The van der Waals surface area contributed by atoms with Crippen LogP contribution in [0.25, 0.3) is 10.9 Å². The molecule has 0 atom stereocenters. The number of halogens is 1. The van der Waals surface area contributed by atoms with E-state index in [0.29, 0.717) is 39.4 Å². The van der Waals surface area contributed by atoms with E-state index >= 15 is 0 Å². The molecule has 0 bridgehead atoms. The minimum Gasteiger partial charge on any atom is -0.378 e. The van der Waals surface area contributed by atoms with Crippen molar-refractivity contribution in [2.45, 2.75) is 25.8 Å². The Hall–Kier alpha value is -2.41. The van der Waals surface area contributed by atoms with Gasteiger partial charge in [-0.2, -0.15) is 0 Å². The number of amides is 2. The number of aromatic amines is 1. The Morgan fingerprint density at radius 1 is 1.08 bits per heavy atom. The summed E-state index contributed by atoms with van der Waals surface area (Å²) >= 11 is 0. The lowest BCUT2D eigenvalue weighted by atomic mass is 10.0. The van der Waals surface area contributed by atoms with E-state index in [4.69, 9.17) is 4.74 Å².